The van der Waals surface area contributed by atoms with Gasteiger partial charge in [0.05, 0.1) is 25.9 Å². The molecule has 3 atom stereocenters. The molecule has 10 nitrogen and oxygen atoms in total. The number of aliphatic hydroxyl groups excluding tert-OH is 1. The summed E-state index contributed by atoms with van der Waals surface area (Å²) in [5.74, 6) is 0.263. The van der Waals surface area contributed by atoms with Crippen molar-refractivity contribution in [2.75, 3.05) is 46.1 Å². The van der Waals surface area contributed by atoms with Gasteiger partial charge in [0, 0.05) is 19.7 Å². The van der Waals surface area contributed by atoms with Gasteiger partial charge in [0.1, 0.15) is 18.4 Å². The summed E-state index contributed by atoms with van der Waals surface area (Å²) in [6.45, 7) is 2.46. The van der Waals surface area contributed by atoms with Crippen LogP contribution in [-0.4, -0.2) is 85.6 Å². The van der Waals surface area contributed by atoms with Crippen LogP contribution < -0.4 is 10.1 Å². The number of carbonyl (C=O) groups is 2. The van der Waals surface area contributed by atoms with Crippen LogP contribution >= 0.6 is 0 Å². The van der Waals surface area contributed by atoms with Crippen molar-refractivity contribution in [3.63, 3.8) is 0 Å². The van der Waals surface area contributed by atoms with Crippen LogP contribution in [0.4, 0.5) is 4.79 Å². The maximum atomic E-state index is 13.0. The molecule has 3 rings (SSSR count). The van der Waals surface area contributed by atoms with E-state index in [0.29, 0.717) is 44.0 Å². The van der Waals surface area contributed by atoms with E-state index in [1.165, 1.54) is 0 Å². The van der Waals surface area contributed by atoms with Crippen LogP contribution in [-0.2, 0) is 19.0 Å². The second-order valence-electron chi connectivity index (χ2n) is 7.76. The van der Waals surface area contributed by atoms with Gasteiger partial charge in [0.25, 0.3) is 0 Å². The standard InChI is InChI=1S/C22H32N2O8/c25-10-12-29-18-8-9-24(15-18)21(26)20(23-22(27)28)16-4-6-17(7-5-16)30-13-14-32-19-3-1-2-11-31-19/h4-7,18-20,23,25H,1-3,8-15H2,(H,27,28)/t18-,19?,20-/m0/s1. The predicted octanol–water partition coefficient (Wildman–Crippen LogP) is 1.53. The lowest BCUT2D eigenvalue weighted by Crippen LogP contribution is -2.42. The van der Waals surface area contributed by atoms with Crippen molar-refractivity contribution in [3.05, 3.63) is 29.8 Å². The quantitative estimate of drug-likeness (QED) is 0.432. The van der Waals surface area contributed by atoms with Gasteiger partial charge in [-0.25, -0.2) is 4.79 Å². The highest BCUT2D eigenvalue weighted by Gasteiger charge is 2.33. The zero-order valence-electron chi connectivity index (χ0n) is 18.1. The first-order chi connectivity index (χ1) is 15.6. The highest BCUT2D eigenvalue weighted by molar-refractivity contribution is 5.86. The van der Waals surface area contributed by atoms with Crippen LogP contribution in [0.3, 0.4) is 0 Å². The molecule has 10 heteroatoms. The van der Waals surface area contributed by atoms with Crippen LogP contribution in [0.5, 0.6) is 5.75 Å². The molecular formula is C22H32N2O8. The number of aliphatic hydroxyl groups is 1. The molecule has 32 heavy (non-hydrogen) atoms. The summed E-state index contributed by atoms with van der Waals surface area (Å²) in [6, 6.07) is 5.73. The number of carbonyl (C=O) groups excluding carboxylic acids is 1. The Balaban J connectivity index is 1.51. The van der Waals surface area contributed by atoms with Crippen molar-refractivity contribution in [2.45, 2.75) is 44.1 Å². The fourth-order valence-electron chi connectivity index (χ4n) is 3.82. The fourth-order valence-corrected chi connectivity index (χ4v) is 3.82. The van der Waals surface area contributed by atoms with E-state index in [9.17, 15) is 14.7 Å². The Morgan fingerprint density at radius 2 is 1.94 bits per heavy atom. The molecule has 0 aliphatic carbocycles. The van der Waals surface area contributed by atoms with Crippen LogP contribution in [0, 0.1) is 0 Å². The van der Waals surface area contributed by atoms with Crippen molar-refractivity contribution >= 4 is 12.0 Å². The number of likely N-dealkylation sites (tertiary alicyclic amines) is 1. The van der Waals surface area contributed by atoms with Gasteiger partial charge in [-0.3, -0.25) is 4.79 Å². The molecule has 2 fully saturated rings. The van der Waals surface area contributed by atoms with E-state index in [-0.39, 0.29) is 31.5 Å². The summed E-state index contributed by atoms with van der Waals surface area (Å²) in [5, 5.41) is 20.4. The summed E-state index contributed by atoms with van der Waals surface area (Å²) in [4.78, 5) is 25.9. The summed E-state index contributed by atoms with van der Waals surface area (Å²) in [7, 11) is 0. The molecule has 0 spiro atoms. The third-order valence-corrected chi connectivity index (χ3v) is 5.42. The van der Waals surface area contributed by atoms with Gasteiger partial charge in [0.15, 0.2) is 6.29 Å². The van der Waals surface area contributed by atoms with Crippen molar-refractivity contribution in [1.82, 2.24) is 10.2 Å². The molecule has 1 aromatic rings. The van der Waals surface area contributed by atoms with Crippen molar-refractivity contribution in [1.29, 1.82) is 0 Å². The Kier molecular flexibility index (Phi) is 9.54. The lowest BCUT2D eigenvalue weighted by atomic mass is 10.1. The average Bonchev–Trinajstić information content (AvgIpc) is 3.28. The Morgan fingerprint density at radius 1 is 1.12 bits per heavy atom. The smallest absolute Gasteiger partial charge is 0.405 e. The summed E-state index contributed by atoms with van der Waals surface area (Å²) in [6.07, 6.45) is 2.11. The first kappa shape index (κ1) is 24.2. The van der Waals surface area contributed by atoms with E-state index in [4.69, 9.17) is 24.1 Å². The molecule has 2 saturated heterocycles. The highest BCUT2D eigenvalue weighted by atomic mass is 16.7. The number of nitrogens with one attached hydrogen (secondary N) is 1. The van der Waals surface area contributed by atoms with Crippen molar-refractivity contribution < 1.29 is 38.7 Å². The molecule has 2 amide bonds. The van der Waals surface area contributed by atoms with Gasteiger partial charge in [0.2, 0.25) is 5.91 Å². The molecule has 2 aliphatic rings. The molecule has 0 aromatic heterocycles. The molecular weight excluding hydrogens is 420 g/mol. The Bertz CT molecular complexity index is 723. The second-order valence-corrected chi connectivity index (χ2v) is 7.76. The molecule has 0 saturated carbocycles. The number of nitrogens with zero attached hydrogens (tertiary/aromatic N) is 1. The molecule has 0 radical (unpaired) electrons. The van der Waals surface area contributed by atoms with E-state index in [1.807, 2.05) is 0 Å². The van der Waals surface area contributed by atoms with E-state index < -0.39 is 12.1 Å². The zero-order valence-corrected chi connectivity index (χ0v) is 18.1. The lowest BCUT2D eigenvalue weighted by Gasteiger charge is -2.24. The number of benzene rings is 1. The van der Waals surface area contributed by atoms with E-state index in [2.05, 4.69) is 5.32 Å². The van der Waals surface area contributed by atoms with E-state index in [0.717, 1.165) is 25.9 Å². The van der Waals surface area contributed by atoms with Gasteiger partial charge in [-0.15, -0.1) is 0 Å². The normalized spacial score (nSPS) is 21.8. The van der Waals surface area contributed by atoms with Gasteiger partial charge in [-0.1, -0.05) is 12.1 Å². The molecule has 1 aromatic carbocycles. The number of hydrogen-bond donors (Lipinski definition) is 3. The lowest BCUT2D eigenvalue weighted by molar-refractivity contribution is -0.165. The number of amides is 2. The average molecular weight is 453 g/mol. The number of ether oxygens (including phenoxy) is 4. The van der Waals surface area contributed by atoms with E-state index in [1.54, 1.807) is 29.2 Å². The fraction of sp³-hybridized carbons (Fsp3) is 0.636. The first-order valence-electron chi connectivity index (χ1n) is 11.0. The Morgan fingerprint density at radius 3 is 2.62 bits per heavy atom. The van der Waals surface area contributed by atoms with Gasteiger partial charge >= 0.3 is 6.09 Å². The number of hydrogen-bond acceptors (Lipinski definition) is 7. The summed E-state index contributed by atoms with van der Waals surface area (Å²) in [5.41, 5.74) is 0.524. The largest absolute Gasteiger partial charge is 0.491 e. The predicted molar refractivity (Wildman–Crippen MR) is 113 cm³/mol. The minimum absolute atomic E-state index is 0.0808. The Labute approximate surface area is 187 Å². The van der Waals surface area contributed by atoms with Gasteiger partial charge in [-0.2, -0.15) is 0 Å². The molecule has 0 bridgehead atoms. The summed E-state index contributed by atoms with van der Waals surface area (Å²) < 4.78 is 22.3. The van der Waals surface area contributed by atoms with Crippen LogP contribution in [0.15, 0.2) is 24.3 Å². The minimum atomic E-state index is -1.28. The van der Waals surface area contributed by atoms with Gasteiger partial charge in [-0.05, 0) is 43.4 Å². The number of rotatable bonds is 11. The first-order valence-corrected chi connectivity index (χ1v) is 11.0. The zero-order chi connectivity index (χ0) is 22.8. The molecule has 3 N–H and O–H groups in total. The second kappa shape index (κ2) is 12.6. The maximum absolute atomic E-state index is 13.0. The number of carboxylic acid groups (broad SMARTS) is 1. The maximum Gasteiger partial charge on any atom is 0.405 e. The Hall–Kier alpha value is -2.40. The van der Waals surface area contributed by atoms with Crippen LogP contribution in [0.25, 0.3) is 0 Å². The van der Waals surface area contributed by atoms with Crippen molar-refractivity contribution in [2.24, 2.45) is 0 Å². The minimum Gasteiger partial charge on any atom is -0.491 e. The molecule has 178 valence electrons. The topological polar surface area (TPSA) is 127 Å². The van der Waals surface area contributed by atoms with Crippen LogP contribution in [0.2, 0.25) is 0 Å². The van der Waals surface area contributed by atoms with Gasteiger partial charge < -0.3 is 39.4 Å². The van der Waals surface area contributed by atoms with E-state index >= 15 is 0 Å². The monoisotopic (exact) mass is 452 g/mol. The SMILES string of the molecule is O=C(O)N[C@H](C(=O)N1CC[C@H](OCCO)C1)c1ccc(OCCOC2CCCCO2)cc1. The third kappa shape index (κ3) is 7.33. The molecule has 2 aliphatic heterocycles. The highest BCUT2D eigenvalue weighted by Crippen LogP contribution is 2.23. The molecule has 1 unspecified atom stereocenters. The van der Waals surface area contributed by atoms with Crippen LogP contribution in [0.1, 0.15) is 37.3 Å². The summed E-state index contributed by atoms with van der Waals surface area (Å²) >= 11 is 0. The molecule has 2 heterocycles. The third-order valence-electron chi connectivity index (χ3n) is 5.42. The van der Waals surface area contributed by atoms with Crippen molar-refractivity contribution in [3.8, 4) is 5.75 Å².